The van der Waals surface area contributed by atoms with Gasteiger partial charge in [-0.1, -0.05) is 25.3 Å². The van der Waals surface area contributed by atoms with Crippen molar-refractivity contribution in [2.45, 2.75) is 32.1 Å². The molecule has 0 radical (unpaired) electrons. The average Bonchev–Trinajstić information content (AvgIpc) is 3.35. The highest BCUT2D eigenvalue weighted by molar-refractivity contribution is 6.44. The van der Waals surface area contributed by atoms with Crippen molar-refractivity contribution in [1.29, 1.82) is 0 Å². The van der Waals surface area contributed by atoms with Gasteiger partial charge in [-0.25, -0.2) is 4.79 Å². The van der Waals surface area contributed by atoms with Crippen molar-refractivity contribution in [1.82, 2.24) is 14.5 Å². The standard InChI is InChI=1S/C23H26N4O3/c1-26-12-17(15-10-11-24-19(15)22(26)28)16-8-9-18-20(25-23(29)27(18)2)21(16)30-13-14-6-4-3-5-7-14/h8-12,14-15H,3-7,13H2,1-2H3,(H,25,29). The molecule has 2 aromatic rings. The molecule has 7 heteroatoms. The van der Waals surface area contributed by atoms with Crippen molar-refractivity contribution < 1.29 is 9.53 Å². The lowest BCUT2D eigenvalue weighted by atomic mass is 9.86. The number of rotatable bonds is 4. The number of aromatic amines is 1. The Kier molecular flexibility index (Phi) is 4.60. The molecule has 1 saturated carbocycles. The number of fused-ring (bicyclic) bond motifs is 2. The maximum atomic E-state index is 12.5. The Morgan fingerprint density at radius 3 is 2.77 bits per heavy atom. The van der Waals surface area contributed by atoms with Gasteiger partial charge in [0.2, 0.25) is 0 Å². The molecule has 1 aliphatic carbocycles. The third-order valence-electron chi connectivity index (χ3n) is 6.53. The number of aliphatic imine (C=N–C) groups is 1. The van der Waals surface area contributed by atoms with E-state index in [-0.39, 0.29) is 17.5 Å². The van der Waals surface area contributed by atoms with Crippen LogP contribution in [0, 0.1) is 11.8 Å². The lowest BCUT2D eigenvalue weighted by molar-refractivity contribution is -0.121. The SMILES string of the molecule is CN1C=C(c2ccc3c([nH]c(=O)n3C)c2OCC2CCCCC2)C2C=CN=C2C1=O. The van der Waals surface area contributed by atoms with Crippen LogP contribution < -0.4 is 10.4 Å². The average molecular weight is 406 g/mol. The van der Waals surface area contributed by atoms with Gasteiger partial charge in [0.15, 0.2) is 5.75 Å². The lowest BCUT2D eigenvalue weighted by Gasteiger charge is -2.28. The molecule has 1 N–H and O–H groups in total. The van der Waals surface area contributed by atoms with Crippen molar-refractivity contribution in [3.8, 4) is 5.75 Å². The summed E-state index contributed by atoms with van der Waals surface area (Å²) in [5, 5.41) is 0. The molecule has 5 rings (SSSR count). The van der Waals surface area contributed by atoms with Crippen LogP contribution in [0.4, 0.5) is 0 Å². The molecule has 3 aliphatic rings. The third-order valence-corrected chi connectivity index (χ3v) is 6.53. The summed E-state index contributed by atoms with van der Waals surface area (Å²) >= 11 is 0. The largest absolute Gasteiger partial charge is 0.490 e. The molecule has 156 valence electrons. The van der Waals surface area contributed by atoms with Crippen molar-refractivity contribution in [3.05, 3.63) is 46.7 Å². The van der Waals surface area contributed by atoms with Gasteiger partial charge in [0.25, 0.3) is 5.91 Å². The Morgan fingerprint density at radius 1 is 1.17 bits per heavy atom. The number of ether oxygens (including phenoxy) is 1. The number of amides is 1. The van der Waals surface area contributed by atoms with Gasteiger partial charge in [-0.15, -0.1) is 0 Å². The molecule has 1 aromatic carbocycles. The van der Waals surface area contributed by atoms with Gasteiger partial charge in [0, 0.05) is 32.1 Å². The molecule has 1 unspecified atom stereocenters. The Morgan fingerprint density at radius 2 is 1.97 bits per heavy atom. The zero-order chi connectivity index (χ0) is 20.8. The minimum Gasteiger partial charge on any atom is -0.490 e. The van der Waals surface area contributed by atoms with Gasteiger partial charge in [-0.05, 0) is 36.5 Å². The number of nitrogens with one attached hydrogen (secondary N) is 1. The second-order valence-electron chi connectivity index (χ2n) is 8.47. The second kappa shape index (κ2) is 7.31. The van der Waals surface area contributed by atoms with Crippen LogP contribution in [0.1, 0.15) is 37.7 Å². The van der Waals surface area contributed by atoms with Gasteiger partial charge < -0.3 is 14.6 Å². The third kappa shape index (κ3) is 3.00. The van der Waals surface area contributed by atoms with E-state index in [2.05, 4.69) is 9.98 Å². The fourth-order valence-corrected chi connectivity index (χ4v) is 4.79. The summed E-state index contributed by atoms with van der Waals surface area (Å²) in [5.74, 6) is 0.932. The quantitative estimate of drug-likeness (QED) is 0.847. The molecule has 7 nitrogen and oxygen atoms in total. The minimum absolute atomic E-state index is 0.0902. The van der Waals surface area contributed by atoms with E-state index in [0.717, 1.165) is 16.7 Å². The summed E-state index contributed by atoms with van der Waals surface area (Å²) in [4.78, 5) is 33.6. The van der Waals surface area contributed by atoms with Crippen LogP contribution in [0.5, 0.6) is 5.75 Å². The molecule has 0 spiro atoms. The number of benzene rings is 1. The Labute approximate surface area is 174 Å². The molecule has 0 bridgehead atoms. The fraction of sp³-hybridized carbons (Fsp3) is 0.435. The van der Waals surface area contributed by atoms with Crippen LogP contribution in [-0.2, 0) is 11.8 Å². The zero-order valence-electron chi connectivity index (χ0n) is 17.4. The molecule has 3 heterocycles. The van der Waals surface area contributed by atoms with Crippen LogP contribution in [0.15, 0.2) is 40.4 Å². The van der Waals surface area contributed by atoms with Gasteiger partial charge in [-0.3, -0.25) is 14.4 Å². The fourth-order valence-electron chi connectivity index (χ4n) is 4.79. The number of imidazole rings is 1. The zero-order valence-corrected chi connectivity index (χ0v) is 17.4. The number of aryl methyl sites for hydroxylation is 1. The Bertz CT molecular complexity index is 1160. The van der Waals surface area contributed by atoms with E-state index < -0.39 is 0 Å². The first-order chi connectivity index (χ1) is 14.5. The summed E-state index contributed by atoms with van der Waals surface area (Å²) in [5.41, 5.74) is 3.71. The number of carbonyl (C=O) groups excluding carboxylic acids is 1. The Hall–Kier alpha value is -3.09. The molecule has 2 aliphatic heterocycles. The maximum Gasteiger partial charge on any atom is 0.326 e. The molecular formula is C23H26N4O3. The highest BCUT2D eigenvalue weighted by Gasteiger charge is 2.35. The normalized spacial score (nSPS) is 21.7. The van der Waals surface area contributed by atoms with Crippen molar-refractivity contribution in [3.63, 3.8) is 0 Å². The first kappa shape index (κ1) is 18.9. The monoisotopic (exact) mass is 406 g/mol. The molecule has 1 atom stereocenters. The van der Waals surface area contributed by atoms with Crippen LogP contribution in [0.3, 0.4) is 0 Å². The number of H-pyrrole nitrogens is 1. The molecule has 1 aromatic heterocycles. The van der Waals surface area contributed by atoms with Crippen LogP contribution in [0.25, 0.3) is 16.6 Å². The molecule has 1 fully saturated rings. The van der Waals surface area contributed by atoms with Gasteiger partial charge in [0.1, 0.15) is 11.2 Å². The summed E-state index contributed by atoms with van der Waals surface area (Å²) in [6.07, 6.45) is 11.6. The van der Waals surface area contributed by atoms with E-state index in [1.54, 1.807) is 29.8 Å². The van der Waals surface area contributed by atoms with Crippen molar-refractivity contribution >= 4 is 28.2 Å². The van der Waals surface area contributed by atoms with Gasteiger partial charge in [-0.2, -0.15) is 0 Å². The van der Waals surface area contributed by atoms with E-state index in [1.807, 2.05) is 24.4 Å². The van der Waals surface area contributed by atoms with Crippen molar-refractivity contribution in [2.24, 2.45) is 23.9 Å². The maximum absolute atomic E-state index is 12.5. The number of hydrogen-bond donors (Lipinski definition) is 1. The minimum atomic E-state index is -0.196. The Balaban J connectivity index is 1.61. The predicted octanol–water partition coefficient (Wildman–Crippen LogP) is 3.22. The molecule has 0 saturated heterocycles. The topological polar surface area (TPSA) is 79.7 Å². The summed E-state index contributed by atoms with van der Waals surface area (Å²) in [6, 6.07) is 3.92. The van der Waals surface area contributed by atoms with Crippen molar-refractivity contribution in [2.75, 3.05) is 13.7 Å². The first-order valence-corrected chi connectivity index (χ1v) is 10.6. The van der Waals surface area contributed by atoms with Crippen LogP contribution in [-0.4, -0.2) is 39.7 Å². The summed E-state index contributed by atoms with van der Waals surface area (Å²) in [6.45, 7) is 0.631. The number of hydrogen-bond acceptors (Lipinski definition) is 4. The number of carbonyl (C=O) groups is 1. The van der Waals surface area contributed by atoms with Gasteiger partial charge >= 0.3 is 5.69 Å². The van der Waals surface area contributed by atoms with E-state index in [1.165, 1.54) is 32.1 Å². The van der Waals surface area contributed by atoms with Gasteiger partial charge in [0.05, 0.1) is 18.0 Å². The van der Waals surface area contributed by atoms with E-state index in [4.69, 9.17) is 4.74 Å². The molecule has 1 amide bonds. The number of nitrogens with zero attached hydrogens (tertiary/aromatic N) is 3. The summed E-state index contributed by atoms with van der Waals surface area (Å²) < 4.78 is 8.03. The number of allylic oxidation sites excluding steroid dienone is 2. The van der Waals surface area contributed by atoms with Crippen LogP contribution >= 0.6 is 0 Å². The highest BCUT2D eigenvalue weighted by Crippen LogP contribution is 2.40. The lowest BCUT2D eigenvalue weighted by Crippen LogP contribution is -2.37. The molecule has 30 heavy (non-hydrogen) atoms. The van der Waals surface area contributed by atoms with Crippen LogP contribution in [0.2, 0.25) is 0 Å². The number of aromatic nitrogens is 2. The smallest absolute Gasteiger partial charge is 0.326 e. The molecular weight excluding hydrogens is 380 g/mol. The predicted molar refractivity (Wildman–Crippen MR) is 116 cm³/mol. The van der Waals surface area contributed by atoms with E-state index >= 15 is 0 Å². The second-order valence-corrected chi connectivity index (χ2v) is 8.47. The summed E-state index contributed by atoms with van der Waals surface area (Å²) in [7, 11) is 3.49. The highest BCUT2D eigenvalue weighted by atomic mass is 16.5. The van der Waals surface area contributed by atoms with E-state index in [0.29, 0.717) is 29.5 Å². The first-order valence-electron chi connectivity index (χ1n) is 10.6. The van der Waals surface area contributed by atoms with E-state index in [9.17, 15) is 9.59 Å².